The smallest absolute Gasteiger partial charge is 0.0594 e. The third kappa shape index (κ3) is 6.13. The molecule has 3 nitrogen and oxygen atoms in total. The lowest BCUT2D eigenvalue weighted by Gasteiger charge is -2.34. The third-order valence-corrected chi connectivity index (χ3v) is 2.76. The van der Waals surface area contributed by atoms with Gasteiger partial charge in [-0.2, -0.15) is 0 Å². The SMILES string of the molecule is CC.CCC(CCNC)N1CCOCC1. The molecular formula is C12H28N2O. The van der Waals surface area contributed by atoms with E-state index in [1.165, 1.54) is 12.8 Å². The van der Waals surface area contributed by atoms with Gasteiger partial charge in [0.05, 0.1) is 13.2 Å². The molecule has 0 saturated carbocycles. The first-order valence-corrected chi connectivity index (χ1v) is 6.35. The molecule has 1 aliphatic rings. The van der Waals surface area contributed by atoms with E-state index in [-0.39, 0.29) is 0 Å². The second-order valence-electron chi connectivity index (χ2n) is 3.60. The predicted octanol–water partition coefficient (Wildman–Crippen LogP) is 1.73. The van der Waals surface area contributed by atoms with Crippen LogP contribution in [0.2, 0.25) is 0 Å². The van der Waals surface area contributed by atoms with Crippen LogP contribution in [0, 0.1) is 0 Å². The summed E-state index contributed by atoms with van der Waals surface area (Å²) in [7, 11) is 2.02. The maximum absolute atomic E-state index is 5.34. The molecule has 0 radical (unpaired) electrons. The summed E-state index contributed by atoms with van der Waals surface area (Å²) in [5, 5.41) is 3.21. The Kier molecular flexibility index (Phi) is 10.3. The van der Waals surface area contributed by atoms with Crippen LogP contribution in [0.1, 0.15) is 33.6 Å². The average Bonchev–Trinajstić information content (AvgIpc) is 2.34. The maximum atomic E-state index is 5.34. The summed E-state index contributed by atoms with van der Waals surface area (Å²) in [6.07, 6.45) is 2.51. The van der Waals surface area contributed by atoms with Gasteiger partial charge in [-0.05, 0) is 26.4 Å². The Morgan fingerprint density at radius 3 is 2.33 bits per heavy atom. The van der Waals surface area contributed by atoms with Crippen molar-refractivity contribution in [2.24, 2.45) is 0 Å². The highest BCUT2D eigenvalue weighted by Gasteiger charge is 2.18. The molecule has 0 aromatic rings. The molecule has 0 amide bonds. The molecule has 1 fully saturated rings. The topological polar surface area (TPSA) is 24.5 Å². The predicted molar refractivity (Wildman–Crippen MR) is 66.4 cm³/mol. The van der Waals surface area contributed by atoms with E-state index in [1.807, 2.05) is 20.9 Å². The van der Waals surface area contributed by atoms with Crippen molar-refractivity contribution in [2.75, 3.05) is 39.9 Å². The number of nitrogens with one attached hydrogen (secondary N) is 1. The van der Waals surface area contributed by atoms with Gasteiger partial charge in [-0.15, -0.1) is 0 Å². The van der Waals surface area contributed by atoms with Gasteiger partial charge in [-0.1, -0.05) is 20.8 Å². The van der Waals surface area contributed by atoms with E-state index >= 15 is 0 Å². The highest BCUT2D eigenvalue weighted by atomic mass is 16.5. The van der Waals surface area contributed by atoms with Crippen molar-refractivity contribution >= 4 is 0 Å². The number of rotatable bonds is 5. The zero-order valence-electron chi connectivity index (χ0n) is 10.9. The summed E-state index contributed by atoms with van der Waals surface area (Å²) in [6, 6.07) is 0.747. The highest BCUT2D eigenvalue weighted by molar-refractivity contribution is 4.73. The third-order valence-electron chi connectivity index (χ3n) is 2.76. The standard InChI is InChI=1S/C10H22N2O.C2H6/c1-3-10(4-5-11-2)12-6-8-13-9-7-12;1-2/h10-11H,3-9H2,1-2H3;1-2H3. The van der Waals surface area contributed by atoms with Gasteiger partial charge in [-0.25, -0.2) is 0 Å². The minimum absolute atomic E-state index is 0.747. The fourth-order valence-corrected chi connectivity index (χ4v) is 1.90. The summed E-state index contributed by atoms with van der Waals surface area (Å²) in [5.74, 6) is 0. The second kappa shape index (κ2) is 10.4. The van der Waals surface area contributed by atoms with Crippen LogP contribution in [0.5, 0.6) is 0 Å². The normalized spacial score (nSPS) is 19.2. The Morgan fingerprint density at radius 1 is 1.27 bits per heavy atom. The Morgan fingerprint density at radius 2 is 1.87 bits per heavy atom. The van der Waals surface area contributed by atoms with Crippen molar-refractivity contribution in [1.82, 2.24) is 10.2 Å². The zero-order valence-corrected chi connectivity index (χ0v) is 10.9. The Hall–Kier alpha value is -0.120. The van der Waals surface area contributed by atoms with Crippen molar-refractivity contribution in [2.45, 2.75) is 39.7 Å². The van der Waals surface area contributed by atoms with Crippen LogP contribution in [-0.2, 0) is 4.74 Å². The van der Waals surface area contributed by atoms with Gasteiger partial charge in [-0.3, -0.25) is 4.90 Å². The molecular weight excluding hydrogens is 188 g/mol. The largest absolute Gasteiger partial charge is 0.379 e. The molecule has 15 heavy (non-hydrogen) atoms. The summed E-state index contributed by atoms with van der Waals surface area (Å²) in [6.45, 7) is 11.4. The molecule has 0 aromatic heterocycles. The lowest BCUT2D eigenvalue weighted by atomic mass is 10.1. The fourth-order valence-electron chi connectivity index (χ4n) is 1.90. The van der Waals surface area contributed by atoms with Gasteiger partial charge >= 0.3 is 0 Å². The average molecular weight is 216 g/mol. The van der Waals surface area contributed by atoms with Gasteiger partial charge in [0, 0.05) is 19.1 Å². The van der Waals surface area contributed by atoms with E-state index in [9.17, 15) is 0 Å². The molecule has 3 heteroatoms. The van der Waals surface area contributed by atoms with E-state index in [4.69, 9.17) is 4.74 Å². The van der Waals surface area contributed by atoms with E-state index in [1.54, 1.807) is 0 Å². The van der Waals surface area contributed by atoms with E-state index in [0.29, 0.717) is 0 Å². The number of ether oxygens (including phenoxy) is 1. The lowest BCUT2D eigenvalue weighted by Crippen LogP contribution is -2.44. The summed E-state index contributed by atoms with van der Waals surface area (Å²) < 4.78 is 5.34. The van der Waals surface area contributed by atoms with Crippen molar-refractivity contribution in [3.8, 4) is 0 Å². The van der Waals surface area contributed by atoms with Gasteiger partial charge in [0.15, 0.2) is 0 Å². The molecule has 0 bridgehead atoms. The molecule has 1 rings (SSSR count). The quantitative estimate of drug-likeness (QED) is 0.757. The van der Waals surface area contributed by atoms with Crippen LogP contribution >= 0.6 is 0 Å². The van der Waals surface area contributed by atoms with Crippen LogP contribution in [0.25, 0.3) is 0 Å². The highest BCUT2D eigenvalue weighted by Crippen LogP contribution is 2.10. The van der Waals surface area contributed by atoms with Crippen LogP contribution in [0.15, 0.2) is 0 Å². The minimum atomic E-state index is 0.747. The van der Waals surface area contributed by atoms with Crippen molar-refractivity contribution in [3.63, 3.8) is 0 Å². The lowest BCUT2D eigenvalue weighted by molar-refractivity contribution is 0.0141. The molecule has 1 saturated heterocycles. The number of morpholine rings is 1. The van der Waals surface area contributed by atoms with Crippen LogP contribution in [0.3, 0.4) is 0 Å². The molecule has 0 aliphatic carbocycles. The number of hydrogen-bond donors (Lipinski definition) is 1. The Bertz CT molecular complexity index is 125. The Balaban J connectivity index is 0.000000921. The molecule has 0 aromatic carbocycles. The monoisotopic (exact) mass is 216 g/mol. The van der Waals surface area contributed by atoms with Gasteiger partial charge < -0.3 is 10.1 Å². The fraction of sp³-hybridized carbons (Fsp3) is 1.00. The molecule has 1 aliphatic heterocycles. The first-order chi connectivity index (χ1) is 7.38. The van der Waals surface area contributed by atoms with Crippen molar-refractivity contribution in [3.05, 3.63) is 0 Å². The number of hydrogen-bond acceptors (Lipinski definition) is 3. The van der Waals surface area contributed by atoms with E-state index < -0.39 is 0 Å². The van der Waals surface area contributed by atoms with Crippen molar-refractivity contribution in [1.29, 1.82) is 0 Å². The van der Waals surface area contributed by atoms with Crippen LogP contribution in [-0.4, -0.2) is 50.8 Å². The number of nitrogens with zero attached hydrogens (tertiary/aromatic N) is 1. The summed E-state index contributed by atoms with van der Waals surface area (Å²) >= 11 is 0. The van der Waals surface area contributed by atoms with Gasteiger partial charge in [0.2, 0.25) is 0 Å². The second-order valence-corrected chi connectivity index (χ2v) is 3.60. The first kappa shape index (κ1) is 14.9. The minimum Gasteiger partial charge on any atom is -0.379 e. The molecule has 1 N–H and O–H groups in total. The molecule has 0 spiro atoms. The van der Waals surface area contributed by atoms with Gasteiger partial charge in [0.1, 0.15) is 0 Å². The summed E-state index contributed by atoms with van der Waals surface area (Å²) in [5.41, 5.74) is 0. The first-order valence-electron chi connectivity index (χ1n) is 6.35. The van der Waals surface area contributed by atoms with E-state index in [2.05, 4.69) is 17.1 Å². The maximum Gasteiger partial charge on any atom is 0.0594 e. The molecule has 1 atom stereocenters. The zero-order chi connectivity index (χ0) is 11.5. The molecule has 1 heterocycles. The van der Waals surface area contributed by atoms with Gasteiger partial charge in [0.25, 0.3) is 0 Å². The summed E-state index contributed by atoms with van der Waals surface area (Å²) in [4.78, 5) is 2.56. The molecule has 92 valence electrons. The van der Waals surface area contributed by atoms with Crippen LogP contribution < -0.4 is 5.32 Å². The van der Waals surface area contributed by atoms with E-state index in [0.717, 1.165) is 38.9 Å². The van der Waals surface area contributed by atoms with Crippen LogP contribution in [0.4, 0.5) is 0 Å². The van der Waals surface area contributed by atoms with Crippen molar-refractivity contribution < 1.29 is 4.74 Å². The molecule has 1 unspecified atom stereocenters. The Labute approximate surface area is 95.2 Å².